The molecule has 0 bridgehead atoms. The molecule has 17 heavy (non-hydrogen) atoms. The molecule has 1 aromatic carbocycles. The van der Waals surface area contributed by atoms with E-state index in [0.717, 1.165) is 12.5 Å². The van der Waals surface area contributed by atoms with Crippen LogP contribution in [-0.2, 0) is 17.3 Å². The lowest BCUT2D eigenvalue weighted by atomic mass is 10.2. The zero-order chi connectivity index (χ0) is 12.8. The van der Waals surface area contributed by atoms with Gasteiger partial charge in [0.2, 0.25) is 0 Å². The van der Waals surface area contributed by atoms with Crippen LogP contribution in [0.25, 0.3) is 0 Å². The summed E-state index contributed by atoms with van der Waals surface area (Å²) >= 11 is 0. The molecule has 0 fully saturated rings. The molecule has 5 heteroatoms. The second-order valence-corrected chi connectivity index (χ2v) is 5.85. The largest absolute Gasteiger partial charge is 0.313 e. The summed E-state index contributed by atoms with van der Waals surface area (Å²) in [7, 11) is -0.826. The van der Waals surface area contributed by atoms with Gasteiger partial charge in [-0.1, -0.05) is 6.92 Å². The highest BCUT2D eigenvalue weighted by Crippen LogP contribution is 2.07. The summed E-state index contributed by atoms with van der Waals surface area (Å²) in [5.41, 5.74) is 0.577. The molecule has 2 nitrogen and oxygen atoms in total. The summed E-state index contributed by atoms with van der Waals surface area (Å²) in [4.78, 5) is 0. The smallest absolute Gasteiger partial charge is 0.126 e. The van der Waals surface area contributed by atoms with Crippen molar-refractivity contribution >= 4 is 10.8 Å². The van der Waals surface area contributed by atoms with E-state index < -0.39 is 22.4 Å². The molecule has 0 aromatic heterocycles. The maximum atomic E-state index is 12.9. The van der Waals surface area contributed by atoms with Crippen molar-refractivity contribution in [3.63, 3.8) is 0 Å². The first kappa shape index (κ1) is 14.3. The number of hydrogen-bond acceptors (Lipinski definition) is 2. The van der Waals surface area contributed by atoms with Crippen LogP contribution in [0.15, 0.2) is 18.2 Å². The lowest BCUT2D eigenvalue weighted by Crippen LogP contribution is -2.21. The molecule has 0 aliphatic rings. The summed E-state index contributed by atoms with van der Waals surface area (Å²) in [5.74, 6) is -1.13. The van der Waals surface area contributed by atoms with Crippen molar-refractivity contribution in [2.75, 3.05) is 12.8 Å². The van der Waals surface area contributed by atoms with Gasteiger partial charge in [-0.2, -0.15) is 0 Å². The first-order valence-corrected chi connectivity index (χ1v) is 7.09. The summed E-state index contributed by atoms with van der Waals surface area (Å²) < 4.78 is 36.8. The number of rotatable bonds is 6. The number of halogens is 2. The fourth-order valence-electron chi connectivity index (χ4n) is 1.42. The molecule has 0 aliphatic carbocycles. The van der Waals surface area contributed by atoms with E-state index in [2.05, 4.69) is 5.32 Å². The Labute approximate surface area is 103 Å². The lowest BCUT2D eigenvalue weighted by Gasteiger charge is -2.09. The molecule has 1 N–H and O–H groups in total. The van der Waals surface area contributed by atoms with Gasteiger partial charge in [0.1, 0.15) is 11.6 Å². The second-order valence-electron chi connectivity index (χ2n) is 4.05. The van der Waals surface area contributed by atoms with Crippen molar-refractivity contribution in [2.45, 2.75) is 25.1 Å². The van der Waals surface area contributed by atoms with Crippen molar-refractivity contribution in [2.24, 2.45) is 0 Å². The van der Waals surface area contributed by atoms with E-state index in [1.807, 2.05) is 6.92 Å². The Morgan fingerprint density at radius 1 is 1.29 bits per heavy atom. The Kier molecular flexibility index (Phi) is 5.71. The third kappa shape index (κ3) is 5.37. The maximum absolute atomic E-state index is 12.9. The minimum Gasteiger partial charge on any atom is -0.313 e. The highest BCUT2D eigenvalue weighted by Gasteiger charge is 2.05. The maximum Gasteiger partial charge on any atom is 0.126 e. The second kappa shape index (κ2) is 6.81. The first-order chi connectivity index (χ1) is 7.99. The average molecular weight is 261 g/mol. The summed E-state index contributed by atoms with van der Waals surface area (Å²) in [5, 5.41) is 3.21. The highest BCUT2D eigenvalue weighted by atomic mass is 32.2. The Bertz CT molecular complexity index is 378. The van der Waals surface area contributed by atoms with Gasteiger partial charge >= 0.3 is 0 Å². The molecular weight excluding hydrogens is 244 g/mol. The van der Waals surface area contributed by atoms with Crippen LogP contribution in [0.5, 0.6) is 0 Å². The van der Waals surface area contributed by atoms with Gasteiger partial charge in [-0.25, -0.2) is 8.78 Å². The molecule has 2 atom stereocenters. The van der Waals surface area contributed by atoms with Crippen molar-refractivity contribution in [1.82, 2.24) is 5.32 Å². The van der Waals surface area contributed by atoms with Crippen LogP contribution in [0.4, 0.5) is 8.78 Å². The Morgan fingerprint density at radius 2 is 1.88 bits per heavy atom. The van der Waals surface area contributed by atoms with Crippen LogP contribution >= 0.6 is 0 Å². The molecule has 1 aromatic rings. The predicted molar refractivity (Wildman–Crippen MR) is 66.2 cm³/mol. The number of nitrogens with one attached hydrogen (secondary N) is 1. The Hall–Kier alpha value is -0.810. The molecule has 0 saturated carbocycles. The molecule has 0 spiro atoms. The zero-order valence-electron chi connectivity index (χ0n) is 10.0. The number of benzene rings is 1. The predicted octanol–water partition coefficient (Wildman–Crippen LogP) is 2.21. The van der Waals surface area contributed by atoms with Crippen LogP contribution in [0, 0.1) is 11.6 Å². The van der Waals surface area contributed by atoms with Crippen LogP contribution < -0.4 is 5.32 Å². The standard InChI is InChI=1S/C12H17F2NOS/c1-9(17(2)16)3-4-15-8-10-5-11(13)7-12(14)6-10/h5-7,9,15H,3-4,8H2,1-2H3. The monoisotopic (exact) mass is 261 g/mol. The summed E-state index contributed by atoms with van der Waals surface area (Å²) in [6.07, 6.45) is 2.45. The first-order valence-electron chi connectivity index (χ1n) is 5.47. The number of hydrogen-bond donors (Lipinski definition) is 1. The van der Waals surface area contributed by atoms with E-state index in [4.69, 9.17) is 0 Å². The van der Waals surface area contributed by atoms with Gasteiger partial charge in [-0.15, -0.1) is 0 Å². The molecular formula is C12H17F2NOS. The molecule has 0 amide bonds. The summed E-state index contributed by atoms with van der Waals surface area (Å²) in [6, 6.07) is 3.46. The van der Waals surface area contributed by atoms with Gasteiger partial charge in [0.25, 0.3) is 0 Å². The topological polar surface area (TPSA) is 29.1 Å². The SMILES string of the molecule is CC(CCNCc1cc(F)cc(F)c1)S(C)=O. The lowest BCUT2D eigenvalue weighted by molar-refractivity contribution is 0.573. The van der Waals surface area contributed by atoms with Crippen molar-refractivity contribution in [1.29, 1.82) is 0 Å². The minimum absolute atomic E-state index is 0.131. The molecule has 0 heterocycles. The molecule has 2 unspecified atom stereocenters. The van der Waals surface area contributed by atoms with Gasteiger partial charge in [0, 0.05) is 34.9 Å². The van der Waals surface area contributed by atoms with Gasteiger partial charge in [-0.3, -0.25) is 4.21 Å². The fourth-order valence-corrected chi connectivity index (χ4v) is 1.87. The highest BCUT2D eigenvalue weighted by molar-refractivity contribution is 7.84. The van der Waals surface area contributed by atoms with Crippen LogP contribution in [0.1, 0.15) is 18.9 Å². The third-order valence-electron chi connectivity index (χ3n) is 2.55. The van der Waals surface area contributed by atoms with Gasteiger partial charge in [0.05, 0.1) is 0 Å². The van der Waals surface area contributed by atoms with Crippen LogP contribution in [0.3, 0.4) is 0 Å². The van der Waals surface area contributed by atoms with E-state index in [1.165, 1.54) is 12.1 Å². The zero-order valence-corrected chi connectivity index (χ0v) is 10.8. The van der Waals surface area contributed by atoms with E-state index >= 15 is 0 Å². The van der Waals surface area contributed by atoms with E-state index in [0.29, 0.717) is 18.7 Å². The van der Waals surface area contributed by atoms with Gasteiger partial charge in [-0.05, 0) is 30.7 Å². The third-order valence-corrected chi connectivity index (χ3v) is 3.91. The van der Waals surface area contributed by atoms with Crippen molar-refractivity contribution in [3.8, 4) is 0 Å². The van der Waals surface area contributed by atoms with Gasteiger partial charge in [0.15, 0.2) is 0 Å². The molecule has 0 saturated heterocycles. The van der Waals surface area contributed by atoms with Crippen molar-refractivity contribution < 1.29 is 13.0 Å². The van der Waals surface area contributed by atoms with Gasteiger partial charge < -0.3 is 5.32 Å². The average Bonchev–Trinajstić information content (AvgIpc) is 2.22. The van der Waals surface area contributed by atoms with Crippen LogP contribution in [0.2, 0.25) is 0 Å². The molecule has 0 aliphatic heterocycles. The Morgan fingerprint density at radius 3 is 2.41 bits per heavy atom. The summed E-state index contributed by atoms with van der Waals surface area (Å²) in [6.45, 7) is 3.01. The molecule has 0 radical (unpaired) electrons. The fraction of sp³-hybridized carbons (Fsp3) is 0.500. The van der Waals surface area contributed by atoms with E-state index in [9.17, 15) is 13.0 Å². The van der Waals surface area contributed by atoms with E-state index in [-0.39, 0.29) is 5.25 Å². The van der Waals surface area contributed by atoms with Crippen molar-refractivity contribution in [3.05, 3.63) is 35.4 Å². The Balaban J connectivity index is 2.33. The molecule has 96 valence electrons. The minimum atomic E-state index is -0.826. The molecule has 1 rings (SSSR count). The normalized spacial score (nSPS) is 14.6. The van der Waals surface area contributed by atoms with Crippen LogP contribution in [-0.4, -0.2) is 22.3 Å². The van der Waals surface area contributed by atoms with E-state index in [1.54, 1.807) is 6.26 Å². The quantitative estimate of drug-likeness (QED) is 0.796.